The van der Waals surface area contributed by atoms with E-state index in [4.69, 9.17) is 5.26 Å². The Labute approximate surface area is 114 Å². The molecule has 0 fully saturated rings. The molecular formula is C18H17N. The molecule has 0 aromatic heterocycles. The van der Waals surface area contributed by atoms with Crippen LogP contribution in [0.3, 0.4) is 0 Å². The molecular weight excluding hydrogens is 230 g/mol. The van der Waals surface area contributed by atoms with E-state index in [0.29, 0.717) is 18.3 Å². The lowest BCUT2D eigenvalue weighted by Gasteiger charge is -2.33. The van der Waals surface area contributed by atoms with Gasteiger partial charge in [0.05, 0.1) is 6.07 Å². The van der Waals surface area contributed by atoms with E-state index < -0.39 is 0 Å². The number of hydrogen-bond donors (Lipinski definition) is 0. The monoisotopic (exact) mass is 247 g/mol. The van der Waals surface area contributed by atoms with Crippen LogP contribution in [0, 0.1) is 17.2 Å². The Hall–Kier alpha value is -2.07. The van der Waals surface area contributed by atoms with Crippen molar-refractivity contribution < 1.29 is 0 Å². The first kappa shape index (κ1) is 12.0. The van der Waals surface area contributed by atoms with Crippen molar-refractivity contribution in [3.8, 4) is 6.07 Å². The maximum atomic E-state index is 9.08. The predicted octanol–water partition coefficient (Wildman–Crippen LogP) is 4.29. The Balaban J connectivity index is 2.08. The fourth-order valence-corrected chi connectivity index (χ4v) is 3.28. The number of benzene rings is 2. The van der Waals surface area contributed by atoms with Gasteiger partial charge in [0, 0.05) is 12.3 Å². The summed E-state index contributed by atoms with van der Waals surface area (Å²) in [7, 11) is 0. The average Bonchev–Trinajstić information content (AvgIpc) is 2.48. The van der Waals surface area contributed by atoms with E-state index >= 15 is 0 Å². The van der Waals surface area contributed by atoms with Crippen LogP contribution in [-0.2, 0) is 6.42 Å². The summed E-state index contributed by atoms with van der Waals surface area (Å²) >= 11 is 0. The fraction of sp³-hybridized carbons (Fsp3) is 0.278. The van der Waals surface area contributed by atoms with Crippen LogP contribution >= 0.6 is 0 Å². The van der Waals surface area contributed by atoms with Crippen LogP contribution < -0.4 is 0 Å². The van der Waals surface area contributed by atoms with Crippen molar-refractivity contribution in [2.24, 2.45) is 5.92 Å². The van der Waals surface area contributed by atoms with Gasteiger partial charge in [-0.3, -0.25) is 0 Å². The molecule has 0 amide bonds. The van der Waals surface area contributed by atoms with Gasteiger partial charge in [0.2, 0.25) is 0 Å². The lowest BCUT2D eigenvalue weighted by atomic mass is 9.71. The molecule has 0 unspecified atom stereocenters. The SMILES string of the molecule is N#CC[C@H]1CCc2ccccc2[C@H]1c1ccccc1. The van der Waals surface area contributed by atoms with Gasteiger partial charge in [-0.2, -0.15) is 5.26 Å². The number of nitrogens with zero attached hydrogens (tertiary/aromatic N) is 1. The molecule has 2 aromatic carbocycles. The molecule has 0 heterocycles. The van der Waals surface area contributed by atoms with Gasteiger partial charge in [-0.15, -0.1) is 0 Å². The zero-order chi connectivity index (χ0) is 13.1. The van der Waals surface area contributed by atoms with Crippen LogP contribution in [0.25, 0.3) is 0 Å². The van der Waals surface area contributed by atoms with Crippen LogP contribution in [0.4, 0.5) is 0 Å². The molecule has 0 spiro atoms. The minimum absolute atomic E-state index is 0.380. The van der Waals surface area contributed by atoms with Crippen molar-refractivity contribution in [2.45, 2.75) is 25.2 Å². The van der Waals surface area contributed by atoms with E-state index in [1.807, 2.05) is 0 Å². The largest absolute Gasteiger partial charge is 0.198 e. The maximum absolute atomic E-state index is 9.08. The Bertz CT molecular complexity index is 595. The second kappa shape index (κ2) is 5.28. The maximum Gasteiger partial charge on any atom is 0.0625 e. The molecule has 0 N–H and O–H groups in total. The van der Waals surface area contributed by atoms with Gasteiger partial charge in [0.1, 0.15) is 0 Å². The standard InChI is InChI=1S/C18H17N/c19-13-12-16-11-10-14-6-4-5-9-17(14)18(16)15-7-2-1-3-8-15/h1-9,16,18H,10-12H2/t16-,18+/m1/s1. The molecule has 1 aliphatic rings. The van der Waals surface area contributed by atoms with Crippen LogP contribution in [0.5, 0.6) is 0 Å². The molecule has 2 aromatic rings. The molecule has 0 bridgehead atoms. The smallest absolute Gasteiger partial charge is 0.0625 e. The lowest BCUT2D eigenvalue weighted by molar-refractivity contribution is 0.417. The summed E-state index contributed by atoms with van der Waals surface area (Å²) in [6.45, 7) is 0. The van der Waals surface area contributed by atoms with Crippen LogP contribution in [-0.4, -0.2) is 0 Å². The van der Waals surface area contributed by atoms with Gasteiger partial charge in [-0.25, -0.2) is 0 Å². The lowest BCUT2D eigenvalue weighted by Crippen LogP contribution is -2.21. The Morgan fingerprint density at radius 1 is 1.00 bits per heavy atom. The first-order valence-corrected chi connectivity index (χ1v) is 6.90. The predicted molar refractivity (Wildman–Crippen MR) is 76.8 cm³/mol. The van der Waals surface area contributed by atoms with E-state index in [9.17, 15) is 0 Å². The highest BCUT2D eigenvalue weighted by atomic mass is 14.3. The zero-order valence-electron chi connectivity index (χ0n) is 10.9. The van der Waals surface area contributed by atoms with Gasteiger partial charge in [0.15, 0.2) is 0 Å². The summed E-state index contributed by atoms with van der Waals surface area (Å²) in [4.78, 5) is 0. The van der Waals surface area contributed by atoms with E-state index in [1.54, 1.807) is 0 Å². The normalized spacial score (nSPS) is 21.4. The van der Waals surface area contributed by atoms with Gasteiger partial charge < -0.3 is 0 Å². The first-order valence-electron chi connectivity index (χ1n) is 6.90. The molecule has 94 valence electrons. The van der Waals surface area contributed by atoms with Crippen LogP contribution in [0.2, 0.25) is 0 Å². The number of aryl methyl sites for hydroxylation is 1. The zero-order valence-corrected chi connectivity index (χ0v) is 10.9. The highest BCUT2D eigenvalue weighted by Crippen LogP contribution is 2.42. The summed E-state index contributed by atoms with van der Waals surface area (Å²) in [6.07, 6.45) is 2.86. The molecule has 1 aliphatic carbocycles. The quantitative estimate of drug-likeness (QED) is 0.776. The van der Waals surface area contributed by atoms with Crippen LogP contribution in [0.1, 0.15) is 35.4 Å². The van der Waals surface area contributed by atoms with Gasteiger partial charge in [-0.05, 0) is 35.4 Å². The third kappa shape index (κ3) is 2.27. The molecule has 0 radical (unpaired) electrons. The van der Waals surface area contributed by atoms with Crippen molar-refractivity contribution >= 4 is 0 Å². The highest BCUT2D eigenvalue weighted by molar-refractivity contribution is 5.41. The topological polar surface area (TPSA) is 23.8 Å². The number of nitriles is 1. The summed E-state index contributed by atoms with van der Waals surface area (Å²) in [5.41, 5.74) is 4.21. The van der Waals surface area contributed by atoms with Crippen molar-refractivity contribution in [3.05, 3.63) is 71.3 Å². The minimum Gasteiger partial charge on any atom is -0.198 e. The number of rotatable bonds is 2. The molecule has 2 atom stereocenters. The molecule has 0 saturated heterocycles. The Morgan fingerprint density at radius 3 is 2.53 bits per heavy atom. The van der Waals surface area contributed by atoms with E-state index in [-0.39, 0.29) is 0 Å². The Kier molecular flexibility index (Phi) is 3.33. The van der Waals surface area contributed by atoms with Crippen molar-refractivity contribution in [3.63, 3.8) is 0 Å². The summed E-state index contributed by atoms with van der Waals surface area (Å²) in [5, 5.41) is 9.08. The molecule has 3 rings (SSSR count). The summed E-state index contributed by atoms with van der Waals surface area (Å²) in [6, 6.07) is 21.7. The van der Waals surface area contributed by atoms with E-state index in [2.05, 4.69) is 60.7 Å². The Morgan fingerprint density at radius 2 is 1.74 bits per heavy atom. The molecule has 0 aliphatic heterocycles. The third-order valence-electron chi connectivity index (χ3n) is 4.16. The molecule has 1 nitrogen and oxygen atoms in total. The number of fused-ring (bicyclic) bond motifs is 1. The van der Waals surface area contributed by atoms with Crippen molar-refractivity contribution in [1.82, 2.24) is 0 Å². The molecule has 1 heteroatoms. The van der Waals surface area contributed by atoms with E-state index in [1.165, 1.54) is 16.7 Å². The summed E-state index contributed by atoms with van der Waals surface area (Å²) in [5.74, 6) is 0.827. The summed E-state index contributed by atoms with van der Waals surface area (Å²) < 4.78 is 0. The van der Waals surface area contributed by atoms with Gasteiger partial charge in [0.25, 0.3) is 0 Å². The van der Waals surface area contributed by atoms with Crippen molar-refractivity contribution in [1.29, 1.82) is 5.26 Å². The average molecular weight is 247 g/mol. The molecule has 0 saturated carbocycles. The fourth-order valence-electron chi connectivity index (χ4n) is 3.28. The van der Waals surface area contributed by atoms with E-state index in [0.717, 1.165) is 12.8 Å². The second-order valence-corrected chi connectivity index (χ2v) is 5.25. The minimum atomic E-state index is 0.380. The van der Waals surface area contributed by atoms with Crippen molar-refractivity contribution in [2.75, 3.05) is 0 Å². The second-order valence-electron chi connectivity index (χ2n) is 5.25. The highest BCUT2D eigenvalue weighted by Gasteiger charge is 2.30. The van der Waals surface area contributed by atoms with Gasteiger partial charge >= 0.3 is 0 Å². The number of hydrogen-bond acceptors (Lipinski definition) is 1. The van der Waals surface area contributed by atoms with Crippen LogP contribution in [0.15, 0.2) is 54.6 Å². The molecule has 19 heavy (non-hydrogen) atoms. The third-order valence-corrected chi connectivity index (χ3v) is 4.16. The first-order chi connectivity index (χ1) is 9.40. The van der Waals surface area contributed by atoms with Gasteiger partial charge in [-0.1, -0.05) is 54.6 Å².